The van der Waals surface area contributed by atoms with E-state index >= 15 is 0 Å². The van der Waals surface area contributed by atoms with Crippen LogP contribution in [0.4, 0.5) is 23.2 Å². The third-order valence-corrected chi connectivity index (χ3v) is 4.24. The number of aliphatic carboxylic acids is 1. The number of hydrogen-bond donors (Lipinski definition) is 6. The van der Waals surface area contributed by atoms with Crippen molar-refractivity contribution in [3.63, 3.8) is 0 Å². The number of amides is 2. The average Bonchev–Trinajstić information content (AvgIpc) is 2.71. The number of alkyl halides is 4. The summed E-state index contributed by atoms with van der Waals surface area (Å²) in [6.45, 7) is -0.738. The van der Waals surface area contributed by atoms with Crippen molar-refractivity contribution in [2.45, 2.75) is 18.4 Å². The predicted octanol–water partition coefficient (Wildman–Crippen LogP) is 2.02. The zero-order valence-corrected chi connectivity index (χ0v) is 16.7. The Labute approximate surface area is 184 Å². The van der Waals surface area contributed by atoms with Crippen LogP contribution in [0.5, 0.6) is 0 Å². The van der Waals surface area contributed by atoms with Gasteiger partial charge in [0.15, 0.2) is 12.3 Å². The lowest BCUT2D eigenvalue weighted by Crippen LogP contribution is -2.44. The molecule has 2 rings (SSSR count). The minimum atomic E-state index is -4.77. The maximum absolute atomic E-state index is 14.6. The Balaban J connectivity index is 2.03. The second kappa shape index (κ2) is 10.4. The number of benzene rings is 2. The van der Waals surface area contributed by atoms with Crippen LogP contribution >= 0.6 is 0 Å². The first kappa shape index (κ1) is 25.1. The Morgan fingerprint density at radius 3 is 2.36 bits per heavy atom. The molecule has 2 aromatic carbocycles. The number of carbonyl (C=O) groups is 3. The topological polar surface area (TPSA) is 157 Å². The lowest BCUT2D eigenvalue weighted by atomic mass is 9.96. The zero-order chi connectivity index (χ0) is 24.8. The molecule has 33 heavy (non-hydrogen) atoms. The molecule has 13 heteroatoms. The largest absolute Gasteiger partial charge is 0.481 e. The van der Waals surface area contributed by atoms with Gasteiger partial charge in [0, 0.05) is 11.3 Å². The fourth-order valence-electron chi connectivity index (χ4n) is 2.79. The molecule has 0 heterocycles. The van der Waals surface area contributed by atoms with Gasteiger partial charge in [-0.2, -0.15) is 13.2 Å². The molecule has 2 atom stereocenters. The van der Waals surface area contributed by atoms with E-state index in [0.717, 1.165) is 12.1 Å². The molecule has 0 spiro atoms. The van der Waals surface area contributed by atoms with Crippen molar-refractivity contribution in [2.75, 3.05) is 11.9 Å². The number of nitrogens with one attached hydrogen (secondary N) is 4. The van der Waals surface area contributed by atoms with Gasteiger partial charge in [-0.25, -0.2) is 4.39 Å². The van der Waals surface area contributed by atoms with E-state index in [9.17, 15) is 37.1 Å². The highest BCUT2D eigenvalue weighted by molar-refractivity contribution is 5.98. The normalized spacial score (nSPS) is 12.8. The molecule has 0 bridgehead atoms. The monoisotopic (exact) mass is 469 g/mol. The van der Waals surface area contributed by atoms with E-state index in [4.69, 9.17) is 11.1 Å². The number of guanidine groups is 1. The molecule has 9 nitrogen and oxygen atoms in total. The Bertz CT molecular complexity index is 1060. The van der Waals surface area contributed by atoms with Crippen LogP contribution in [0.3, 0.4) is 0 Å². The number of carbonyl (C=O) groups excluding carboxylic acids is 2. The third kappa shape index (κ3) is 7.19. The second-order valence-corrected chi connectivity index (χ2v) is 6.71. The number of hydrogen-bond acceptors (Lipinski definition) is 4. The van der Waals surface area contributed by atoms with Crippen molar-refractivity contribution < 1.29 is 37.1 Å². The van der Waals surface area contributed by atoms with Crippen LogP contribution in [0.1, 0.15) is 27.4 Å². The van der Waals surface area contributed by atoms with Gasteiger partial charge in [0.1, 0.15) is 5.92 Å². The van der Waals surface area contributed by atoms with Gasteiger partial charge in [0.2, 0.25) is 5.91 Å². The Morgan fingerprint density at radius 1 is 1.09 bits per heavy atom. The quantitative estimate of drug-likeness (QED) is 0.150. The van der Waals surface area contributed by atoms with Crippen LogP contribution in [0.2, 0.25) is 0 Å². The molecular formula is C20H19F4N5O4. The summed E-state index contributed by atoms with van der Waals surface area (Å²) in [6.07, 6.45) is -7.34. The van der Waals surface area contributed by atoms with Gasteiger partial charge in [0.25, 0.3) is 5.91 Å². The van der Waals surface area contributed by atoms with Gasteiger partial charge in [-0.1, -0.05) is 24.3 Å². The van der Waals surface area contributed by atoms with E-state index in [1.54, 1.807) is 5.32 Å². The Hall–Kier alpha value is -4.16. The van der Waals surface area contributed by atoms with Crippen LogP contribution in [-0.4, -0.2) is 41.7 Å². The summed E-state index contributed by atoms with van der Waals surface area (Å²) in [5, 5.41) is 22.8. The highest BCUT2D eigenvalue weighted by Crippen LogP contribution is 2.32. The van der Waals surface area contributed by atoms with Gasteiger partial charge in [-0.05, 0) is 29.8 Å². The van der Waals surface area contributed by atoms with Crippen LogP contribution in [0.25, 0.3) is 0 Å². The van der Waals surface area contributed by atoms with Crippen molar-refractivity contribution in [1.29, 1.82) is 5.41 Å². The minimum absolute atomic E-state index is 0.0817. The van der Waals surface area contributed by atoms with Crippen LogP contribution in [0, 0.1) is 5.41 Å². The van der Waals surface area contributed by atoms with E-state index < -0.39 is 53.8 Å². The highest BCUT2D eigenvalue weighted by atomic mass is 19.4. The number of halogens is 4. The van der Waals surface area contributed by atoms with Crippen molar-refractivity contribution in [3.8, 4) is 0 Å². The van der Waals surface area contributed by atoms with Crippen molar-refractivity contribution in [1.82, 2.24) is 10.6 Å². The van der Waals surface area contributed by atoms with Crippen LogP contribution in [-0.2, 0) is 15.8 Å². The number of carboxylic acids is 1. The highest BCUT2D eigenvalue weighted by Gasteiger charge is 2.35. The summed E-state index contributed by atoms with van der Waals surface area (Å²) in [6, 6.07) is 8.84. The number of anilines is 1. The zero-order valence-electron chi connectivity index (χ0n) is 16.7. The molecule has 0 aliphatic heterocycles. The second-order valence-electron chi connectivity index (χ2n) is 6.71. The fourth-order valence-corrected chi connectivity index (χ4v) is 2.79. The summed E-state index contributed by atoms with van der Waals surface area (Å²) in [7, 11) is 0. The minimum Gasteiger partial charge on any atom is -0.481 e. The molecule has 0 aromatic heterocycles. The van der Waals surface area contributed by atoms with Crippen LogP contribution < -0.4 is 21.7 Å². The van der Waals surface area contributed by atoms with E-state index in [-0.39, 0.29) is 11.5 Å². The molecular weight excluding hydrogens is 450 g/mol. The van der Waals surface area contributed by atoms with E-state index in [0.29, 0.717) is 17.8 Å². The first-order chi connectivity index (χ1) is 15.4. The first-order valence-electron chi connectivity index (χ1n) is 9.21. The number of carboxylic acid groups (broad SMARTS) is 1. The predicted molar refractivity (Wildman–Crippen MR) is 109 cm³/mol. The van der Waals surface area contributed by atoms with Crippen LogP contribution in [0.15, 0.2) is 48.5 Å². The molecule has 2 unspecified atom stereocenters. The Morgan fingerprint density at radius 2 is 1.76 bits per heavy atom. The summed E-state index contributed by atoms with van der Waals surface area (Å²) in [5.74, 6) is -6.11. The molecule has 0 fully saturated rings. The average molecular weight is 469 g/mol. The molecule has 0 saturated heterocycles. The lowest BCUT2D eigenvalue weighted by molar-refractivity contribution is -0.142. The fraction of sp³-hybridized carbons (Fsp3) is 0.200. The molecule has 7 N–H and O–H groups in total. The SMILES string of the molecule is N=C(N)Nc1cccc(C(=O)NCC(=O)NC(F)C(C(=O)O)c2cccc(C(F)(F)F)c2)c1. The van der Waals surface area contributed by atoms with Gasteiger partial charge in [-0.3, -0.25) is 19.8 Å². The van der Waals surface area contributed by atoms with Gasteiger partial charge in [0.05, 0.1) is 12.1 Å². The van der Waals surface area contributed by atoms with Gasteiger partial charge < -0.3 is 26.8 Å². The summed E-state index contributed by atoms with van der Waals surface area (Å²) in [5.41, 5.74) is 3.94. The van der Waals surface area contributed by atoms with Gasteiger partial charge >= 0.3 is 12.1 Å². The maximum atomic E-state index is 14.6. The molecule has 0 radical (unpaired) electrons. The molecule has 176 valence electrons. The molecule has 2 aromatic rings. The summed E-state index contributed by atoms with van der Waals surface area (Å²) >= 11 is 0. The maximum Gasteiger partial charge on any atom is 0.416 e. The molecule has 0 aliphatic rings. The van der Waals surface area contributed by atoms with Crippen molar-refractivity contribution in [3.05, 3.63) is 65.2 Å². The molecule has 0 saturated carbocycles. The smallest absolute Gasteiger partial charge is 0.416 e. The van der Waals surface area contributed by atoms with E-state index in [2.05, 4.69) is 10.6 Å². The van der Waals surface area contributed by atoms with Crippen molar-refractivity contribution in [2.24, 2.45) is 5.73 Å². The lowest BCUT2D eigenvalue weighted by Gasteiger charge is -2.20. The van der Waals surface area contributed by atoms with Gasteiger partial charge in [-0.15, -0.1) is 0 Å². The summed E-state index contributed by atoms with van der Waals surface area (Å²) in [4.78, 5) is 35.6. The summed E-state index contributed by atoms with van der Waals surface area (Å²) < 4.78 is 53.2. The molecule has 2 amide bonds. The van der Waals surface area contributed by atoms with Crippen molar-refractivity contribution >= 4 is 29.4 Å². The Kier molecular flexibility index (Phi) is 7.94. The number of nitrogens with two attached hydrogens (primary N) is 1. The van der Waals surface area contributed by atoms with E-state index in [1.807, 2.05) is 0 Å². The standard InChI is InChI=1S/C20H19F4N5O4/c21-16(15(18(32)33)10-3-1-5-12(7-10)20(22,23)24)29-14(30)9-27-17(31)11-4-2-6-13(8-11)28-19(25)26/h1-8,15-16H,9H2,(H,27,31)(H,29,30)(H,32,33)(H4,25,26,28). The molecule has 0 aliphatic carbocycles. The number of rotatable bonds is 8. The van der Waals surface area contributed by atoms with E-state index in [1.165, 1.54) is 24.3 Å². The first-order valence-corrected chi connectivity index (χ1v) is 9.21. The third-order valence-electron chi connectivity index (χ3n) is 4.24.